The first-order chi connectivity index (χ1) is 10.1. The summed E-state index contributed by atoms with van der Waals surface area (Å²) in [5, 5.41) is 0. The molecule has 0 unspecified atom stereocenters. The molecule has 7 heteroatoms. The van der Waals surface area contributed by atoms with E-state index in [1.165, 1.54) is 6.39 Å². The van der Waals surface area contributed by atoms with Crippen molar-refractivity contribution in [1.82, 2.24) is 19.9 Å². The minimum atomic E-state index is 0.209. The summed E-state index contributed by atoms with van der Waals surface area (Å²) in [6.07, 6.45) is 4.61. The fourth-order valence-electron chi connectivity index (χ4n) is 1.99. The number of fused-ring (bicyclic) bond motifs is 1. The van der Waals surface area contributed by atoms with Crippen molar-refractivity contribution in [3.63, 3.8) is 0 Å². The number of hydrogen-bond acceptors (Lipinski definition) is 7. The highest BCUT2D eigenvalue weighted by Crippen LogP contribution is 2.36. The van der Waals surface area contributed by atoms with Crippen molar-refractivity contribution in [2.75, 3.05) is 5.73 Å². The fourth-order valence-corrected chi connectivity index (χ4v) is 1.99. The number of aryl methyl sites for hydroxylation is 1. The van der Waals surface area contributed by atoms with Crippen LogP contribution in [0.3, 0.4) is 0 Å². The maximum atomic E-state index is 5.92. The van der Waals surface area contributed by atoms with Crippen LogP contribution in [0.25, 0.3) is 11.2 Å². The van der Waals surface area contributed by atoms with E-state index < -0.39 is 0 Å². The van der Waals surface area contributed by atoms with Gasteiger partial charge in [-0.15, -0.1) is 0 Å². The number of hydrogen-bond donors (Lipinski definition) is 1. The third kappa shape index (κ3) is 2.37. The van der Waals surface area contributed by atoms with Crippen LogP contribution < -0.4 is 10.5 Å². The quantitative estimate of drug-likeness (QED) is 0.789. The lowest BCUT2D eigenvalue weighted by molar-refractivity contribution is 0.474. The number of ether oxygens (including phenoxy) is 1. The molecule has 0 radical (unpaired) electrons. The van der Waals surface area contributed by atoms with E-state index in [0.717, 1.165) is 5.56 Å². The second-order valence-electron chi connectivity index (χ2n) is 4.97. The number of aromatic nitrogens is 4. The van der Waals surface area contributed by atoms with Gasteiger partial charge in [-0.1, -0.05) is 13.8 Å². The molecule has 0 aromatic carbocycles. The zero-order valence-electron chi connectivity index (χ0n) is 12.0. The molecule has 3 rings (SSSR count). The van der Waals surface area contributed by atoms with Gasteiger partial charge in [0, 0.05) is 11.8 Å². The SMILES string of the molecule is Cc1ncc(Oc2c(C(C)C)cnc3ocnc23)c(N)n1. The summed E-state index contributed by atoms with van der Waals surface area (Å²) < 4.78 is 11.1. The number of oxazole rings is 1. The second-order valence-corrected chi connectivity index (χ2v) is 4.97. The normalized spacial score (nSPS) is 11.2. The van der Waals surface area contributed by atoms with Gasteiger partial charge < -0.3 is 14.9 Å². The van der Waals surface area contributed by atoms with Crippen molar-refractivity contribution in [3.8, 4) is 11.5 Å². The Bertz CT molecular complexity index is 797. The van der Waals surface area contributed by atoms with Crippen LogP contribution in [-0.2, 0) is 0 Å². The molecule has 0 saturated carbocycles. The van der Waals surface area contributed by atoms with Crippen LogP contribution in [0, 0.1) is 6.92 Å². The Labute approximate surface area is 121 Å². The number of pyridine rings is 1. The average molecular weight is 285 g/mol. The highest BCUT2D eigenvalue weighted by atomic mass is 16.5. The van der Waals surface area contributed by atoms with Crippen molar-refractivity contribution in [2.24, 2.45) is 0 Å². The Morgan fingerprint density at radius 1 is 1.19 bits per heavy atom. The summed E-state index contributed by atoms with van der Waals surface area (Å²) in [6, 6.07) is 0. The van der Waals surface area contributed by atoms with E-state index >= 15 is 0 Å². The van der Waals surface area contributed by atoms with E-state index in [-0.39, 0.29) is 11.7 Å². The predicted molar refractivity (Wildman–Crippen MR) is 77.1 cm³/mol. The first-order valence-electron chi connectivity index (χ1n) is 6.55. The molecule has 0 spiro atoms. The molecule has 0 fully saturated rings. The summed E-state index contributed by atoms with van der Waals surface area (Å²) in [5.41, 5.74) is 7.77. The zero-order valence-corrected chi connectivity index (χ0v) is 12.0. The van der Waals surface area contributed by atoms with Crippen LogP contribution >= 0.6 is 0 Å². The van der Waals surface area contributed by atoms with Crippen LogP contribution in [0.5, 0.6) is 11.5 Å². The maximum absolute atomic E-state index is 5.92. The van der Waals surface area contributed by atoms with E-state index in [4.69, 9.17) is 14.9 Å². The van der Waals surface area contributed by atoms with Crippen molar-refractivity contribution in [3.05, 3.63) is 30.2 Å². The molecule has 0 aliphatic carbocycles. The molecule has 0 atom stereocenters. The molecule has 108 valence electrons. The van der Waals surface area contributed by atoms with E-state index in [1.807, 2.05) is 13.8 Å². The molecule has 0 aliphatic heterocycles. The van der Waals surface area contributed by atoms with Gasteiger partial charge in [0.1, 0.15) is 5.82 Å². The molecule has 3 aromatic rings. The van der Waals surface area contributed by atoms with Gasteiger partial charge in [0.15, 0.2) is 29.2 Å². The lowest BCUT2D eigenvalue weighted by atomic mass is 10.0. The topological polar surface area (TPSA) is 100.0 Å². The standard InChI is InChI=1S/C14H15N5O2/c1-7(2)9-4-17-14-11(18-6-20-14)12(9)21-10-5-16-8(3)19-13(10)15/h4-7H,1-3H3,(H2,15,16,19). The predicted octanol–water partition coefficient (Wildman–Crippen LogP) is 2.82. The lowest BCUT2D eigenvalue weighted by Gasteiger charge is -2.14. The van der Waals surface area contributed by atoms with Gasteiger partial charge in [-0.2, -0.15) is 0 Å². The average Bonchev–Trinajstić information content (AvgIpc) is 2.90. The first kappa shape index (κ1) is 13.3. The summed E-state index contributed by atoms with van der Waals surface area (Å²) in [4.78, 5) is 16.6. The van der Waals surface area contributed by atoms with Gasteiger partial charge in [0.25, 0.3) is 5.71 Å². The Hall–Kier alpha value is -2.70. The Morgan fingerprint density at radius 3 is 2.71 bits per heavy atom. The Balaban J connectivity index is 2.14. The number of nitrogen functional groups attached to an aromatic ring is 1. The highest BCUT2D eigenvalue weighted by molar-refractivity contribution is 5.78. The van der Waals surface area contributed by atoms with Crippen LogP contribution in [0.1, 0.15) is 31.2 Å². The van der Waals surface area contributed by atoms with Crippen LogP contribution in [-0.4, -0.2) is 19.9 Å². The fraction of sp³-hybridized carbons (Fsp3) is 0.286. The number of nitrogens with zero attached hydrogens (tertiary/aromatic N) is 4. The summed E-state index contributed by atoms with van der Waals surface area (Å²) in [5.74, 6) is 2.04. The number of rotatable bonds is 3. The Kier molecular flexibility index (Phi) is 3.17. The molecule has 0 bridgehead atoms. The zero-order chi connectivity index (χ0) is 15.0. The number of anilines is 1. The monoisotopic (exact) mass is 285 g/mol. The lowest BCUT2D eigenvalue weighted by Crippen LogP contribution is -2.02. The minimum absolute atomic E-state index is 0.209. The van der Waals surface area contributed by atoms with Crippen LogP contribution in [0.15, 0.2) is 23.2 Å². The van der Waals surface area contributed by atoms with Gasteiger partial charge in [0.05, 0.1) is 6.20 Å². The molecule has 3 heterocycles. The first-order valence-corrected chi connectivity index (χ1v) is 6.55. The molecule has 2 N–H and O–H groups in total. The molecular weight excluding hydrogens is 270 g/mol. The largest absolute Gasteiger partial charge is 0.449 e. The van der Waals surface area contributed by atoms with Crippen LogP contribution in [0.4, 0.5) is 5.82 Å². The Morgan fingerprint density at radius 2 is 2.00 bits per heavy atom. The smallest absolute Gasteiger partial charge is 0.250 e. The van der Waals surface area contributed by atoms with Gasteiger partial charge in [-0.3, -0.25) is 0 Å². The molecule has 0 amide bonds. The molecule has 0 saturated heterocycles. The summed E-state index contributed by atoms with van der Waals surface area (Å²) in [6.45, 7) is 5.86. The molecule has 7 nitrogen and oxygen atoms in total. The maximum Gasteiger partial charge on any atom is 0.250 e. The highest BCUT2D eigenvalue weighted by Gasteiger charge is 2.18. The van der Waals surface area contributed by atoms with Crippen LogP contribution in [0.2, 0.25) is 0 Å². The molecular formula is C14H15N5O2. The summed E-state index contributed by atoms with van der Waals surface area (Å²) in [7, 11) is 0. The number of nitrogens with two attached hydrogens (primary N) is 1. The molecule has 3 aromatic heterocycles. The second kappa shape index (κ2) is 5.01. The van der Waals surface area contributed by atoms with E-state index in [0.29, 0.717) is 28.6 Å². The van der Waals surface area contributed by atoms with Gasteiger partial charge in [-0.25, -0.2) is 19.9 Å². The van der Waals surface area contributed by atoms with Gasteiger partial charge >= 0.3 is 0 Å². The molecule has 0 aliphatic rings. The molecule has 21 heavy (non-hydrogen) atoms. The van der Waals surface area contributed by atoms with E-state index in [9.17, 15) is 0 Å². The summed E-state index contributed by atoms with van der Waals surface area (Å²) >= 11 is 0. The van der Waals surface area contributed by atoms with Crippen molar-refractivity contribution in [2.45, 2.75) is 26.7 Å². The van der Waals surface area contributed by atoms with E-state index in [2.05, 4.69) is 19.9 Å². The minimum Gasteiger partial charge on any atom is -0.449 e. The third-order valence-corrected chi connectivity index (χ3v) is 3.08. The van der Waals surface area contributed by atoms with Crippen molar-refractivity contribution in [1.29, 1.82) is 0 Å². The van der Waals surface area contributed by atoms with Crippen molar-refractivity contribution >= 4 is 17.0 Å². The van der Waals surface area contributed by atoms with Crippen molar-refractivity contribution < 1.29 is 9.15 Å². The van der Waals surface area contributed by atoms with Gasteiger partial charge in [0.2, 0.25) is 0 Å². The van der Waals surface area contributed by atoms with E-state index in [1.54, 1.807) is 19.3 Å². The third-order valence-electron chi connectivity index (χ3n) is 3.08. The van der Waals surface area contributed by atoms with Gasteiger partial charge in [-0.05, 0) is 12.8 Å².